The lowest BCUT2D eigenvalue weighted by atomic mass is 9.96. The summed E-state index contributed by atoms with van der Waals surface area (Å²) in [4.78, 5) is 13.9. The van der Waals surface area contributed by atoms with Crippen molar-refractivity contribution in [3.63, 3.8) is 0 Å². The Morgan fingerprint density at radius 1 is 1.12 bits per heavy atom. The van der Waals surface area contributed by atoms with E-state index in [0.717, 1.165) is 5.56 Å². The second-order valence-corrected chi connectivity index (χ2v) is 6.02. The van der Waals surface area contributed by atoms with Gasteiger partial charge in [-0.05, 0) is 31.4 Å². The number of hydrogen-bond donors (Lipinski definition) is 0. The van der Waals surface area contributed by atoms with Crippen molar-refractivity contribution in [2.75, 3.05) is 24.6 Å². The van der Waals surface area contributed by atoms with Crippen molar-refractivity contribution in [1.29, 1.82) is 0 Å². The fourth-order valence-electron chi connectivity index (χ4n) is 3.22. The van der Waals surface area contributed by atoms with Gasteiger partial charge in [-0.25, -0.2) is 4.39 Å². The molecule has 0 N–H and O–H groups in total. The van der Waals surface area contributed by atoms with Crippen LogP contribution in [-0.2, 0) is 9.53 Å². The molecule has 1 aliphatic rings. The van der Waals surface area contributed by atoms with Crippen LogP contribution in [0.2, 0.25) is 0 Å². The molecule has 3 nitrogen and oxygen atoms in total. The highest BCUT2D eigenvalue weighted by molar-refractivity contribution is 5.73. The van der Waals surface area contributed by atoms with Gasteiger partial charge in [-0.1, -0.05) is 42.5 Å². The van der Waals surface area contributed by atoms with Crippen molar-refractivity contribution in [3.8, 4) is 11.1 Å². The molecule has 0 saturated carbocycles. The Kier molecular flexibility index (Phi) is 5.14. The van der Waals surface area contributed by atoms with E-state index < -0.39 is 0 Å². The van der Waals surface area contributed by atoms with Crippen molar-refractivity contribution >= 4 is 11.7 Å². The van der Waals surface area contributed by atoms with E-state index in [9.17, 15) is 9.18 Å². The highest BCUT2D eigenvalue weighted by Crippen LogP contribution is 2.32. The van der Waals surface area contributed by atoms with E-state index >= 15 is 0 Å². The highest BCUT2D eigenvalue weighted by Gasteiger charge is 2.27. The summed E-state index contributed by atoms with van der Waals surface area (Å²) < 4.78 is 20.1. The van der Waals surface area contributed by atoms with E-state index in [1.54, 1.807) is 6.07 Å². The van der Waals surface area contributed by atoms with Crippen LogP contribution in [0.5, 0.6) is 0 Å². The molecule has 0 unspecified atom stereocenters. The summed E-state index contributed by atoms with van der Waals surface area (Å²) >= 11 is 0. The molecule has 126 valence electrons. The second kappa shape index (κ2) is 7.47. The van der Waals surface area contributed by atoms with E-state index in [1.807, 2.05) is 54.3 Å². The maximum atomic E-state index is 15.0. The Hall–Kier alpha value is -2.36. The van der Waals surface area contributed by atoms with Gasteiger partial charge in [0, 0.05) is 18.7 Å². The molecule has 2 aromatic carbocycles. The van der Waals surface area contributed by atoms with Gasteiger partial charge in [-0.15, -0.1) is 0 Å². The van der Waals surface area contributed by atoms with Gasteiger partial charge >= 0.3 is 5.97 Å². The minimum atomic E-state index is -0.196. The number of esters is 1. The van der Waals surface area contributed by atoms with Crippen molar-refractivity contribution in [2.45, 2.75) is 19.8 Å². The summed E-state index contributed by atoms with van der Waals surface area (Å²) in [6.07, 6.45) is 1.40. The molecule has 0 aromatic heterocycles. The quantitative estimate of drug-likeness (QED) is 0.785. The first-order valence-electron chi connectivity index (χ1n) is 8.46. The number of piperidine rings is 1. The lowest BCUT2D eigenvalue weighted by molar-refractivity contribution is -0.148. The summed E-state index contributed by atoms with van der Waals surface area (Å²) in [7, 11) is 0. The first-order chi connectivity index (χ1) is 11.7. The SMILES string of the molecule is CCOC(=O)C1CCN(c2cccc(-c3ccccc3)c2F)CC1. The molecular weight excluding hydrogens is 305 g/mol. The molecule has 24 heavy (non-hydrogen) atoms. The smallest absolute Gasteiger partial charge is 0.309 e. The number of carbonyl (C=O) groups is 1. The summed E-state index contributed by atoms with van der Waals surface area (Å²) in [5.74, 6) is -0.393. The number of rotatable bonds is 4. The van der Waals surface area contributed by atoms with E-state index in [2.05, 4.69) is 0 Å². The van der Waals surface area contributed by atoms with Crippen molar-refractivity contribution in [1.82, 2.24) is 0 Å². The second-order valence-electron chi connectivity index (χ2n) is 6.02. The number of benzene rings is 2. The van der Waals surface area contributed by atoms with Gasteiger partial charge in [0.1, 0.15) is 0 Å². The van der Waals surface area contributed by atoms with Gasteiger partial charge in [-0.2, -0.15) is 0 Å². The topological polar surface area (TPSA) is 29.5 Å². The van der Waals surface area contributed by atoms with Crippen molar-refractivity contribution in [2.24, 2.45) is 5.92 Å². The van der Waals surface area contributed by atoms with Gasteiger partial charge in [-0.3, -0.25) is 4.79 Å². The van der Waals surface area contributed by atoms with E-state index in [4.69, 9.17) is 4.74 Å². The normalized spacial score (nSPS) is 15.3. The van der Waals surface area contributed by atoms with Gasteiger partial charge in [0.05, 0.1) is 18.2 Å². The number of carbonyl (C=O) groups excluding carboxylic acids is 1. The Balaban J connectivity index is 1.76. The van der Waals surface area contributed by atoms with Gasteiger partial charge in [0.2, 0.25) is 0 Å². The van der Waals surface area contributed by atoms with Crippen LogP contribution in [0.3, 0.4) is 0 Å². The van der Waals surface area contributed by atoms with Crippen LogP contribution in [0.25, 0.3) is 11.1 Å². The fourth-order valence-corrected chi connectivity index (χ4v) is 3.22. The minimum Gasteiger partial charge on any atom is -0.466 e. The Bertz CT molecular complexity index is 694. The lowest BCUT2D eigenvalue weighted by Gasteiger charge is -2.33. The predicted octanol–water partition coefficient (Wildman–Crippen LogP) is 4.27. The Morgan fingerprint density at radius 2 is 1.83 bits per heavy atom. The molecular formula is C20H22FNO2. The molecule has 0 atom stereocenters. The summed E-state index contributed by atoms with van der Waals surface area (Å²) in [6.45, 7) is 3.56. The van der Waals surface area contributed by atoms with Crippen LogP contribution in [0, 0.1) is 11.7 Å². The van der Waals surface area contributed by atoms with Gasteiger partial charge in [0.25, 0.3) is 0 Å². The number of hydrogen-bond acceptors (Lipinski definition) is 3. The average molecular weight is 327 g/mol. The van der Waals surface area contributed by atoms with Crippen molar-refractivity contribution in [3.05, 3.63) is 54.3 Å². The first kappa shape index (κ1) is 16.5. The standard InChI is InChI=1S/C20H22FNO2/c1-2-24-20(23)16-11-13-22(14-12-16)18-10-6-9-17(19(18)21)15-7-4-3-5-8-15/h3-10,16H,2,11-14H2,1H3. The molecule has 0 bridgehead atoms. The monoisotopic (exact) mass is 327 g/mol. The average Bonchev–Trinajstić information content (AvgIpc) is 2.63. The minimum absolute atomic E-state index is 0.0680. The number of anilines is 1. The lowest BCUT2D eigenvalue weighted by Crippen LogP contribution is -2.37. The van der Waals surface area contributed by atoms with Crippen molar-refractivity contribution < 1.29 is 13.9 Å². The van der Waals surface area contributed by atoms with Crippen LogP contribution in [0.4, 0.5) is 10.1 Å². The predicted molar refractivity (Wildman–Crippen MR) is 93.4 cm³/mol. The molecule has 1 fully saturated rings. The number of ether oxygens (including phenoxy) is 1. The van der Waals surface area contributed by atoms with Crippen LogP contribution < -0.4 is 4.90 Å². The largest absolute Gasteiger partial charge is 0.466 e. The summed E-state index contributed by atoms with van der Waals surface area (Å²) in [5, 5.41) is 0. The maximum absolute atomic E-state index is 15.0. The molecule has 2 aromatic rings. The fraction of sp³-hybridized carbons (Fsp3) is 0.350. The molecule has 3 rings (SSSR count). The molecule has 1 aliphatic heterocycles. The number of nitrogens with zero attached hydrogens (tertiary/aromatic N) is 1. The van der Waals surface area contributed by atoms with Gasteiger partial charge in [0.15, 0.2) is 5.82 Å². The summed E-state index contributed by atoms with van der Waals surface area (Å²) in [6, 6.07) is 15.1. The third kappa shape index (κ3) is 3.42. The molecule has 4 heteroatoms. The molecule has 1 heterocycles. The third-order valence-corrected chi connectivity index (χ3v) is 4.52. The zero-order chi connectivity index (χ0) is 16.9. The zero-order valence-corrected chi connectivity index (χ0v) is 13.9. The first-order valence-corrected chi connectivity index (χ1v) is 8.46. The van der Waals surface area contributed by atoms with Gasteiger partial charge < -0.3 is 9.64 Å². The van der Waals surface area contributed by atoms with Crippen LogP contribution in [-0.4, -0.2) is 25.7 Å². The molecule has 0 radical (unpaired) electrons. The Labute approximate surface area is 142 Å². The molecule has 1 saturated heterocycles. The van der Waals surface area contributed by atoms with E-state index in [1.165, 1.54) is 0 Å². The third-order valence-electron chi connectivity index (χ3n) is 4.52. The maximum Gasteiger partial charge on any atom is 0.309 e. The molecule has 0 spiro atoms. The number of halogens is 1. The van der Waals surface area contributed by atoms with Crippen LogP contribution in [0.1, 0.15) is 19.8 Å². The Morgan fingerprint density at radius 3 is 2.50 bits per heavy atom. The van der Waals surface area contributed by atoms with Crippen LogP contribution in [0.15, 0.2) is 48.5 Å². The molecule has 0 aliphatic carbocycles. The summed E-state index contributed by atoms with van der Waals surface area (Å²) in [5.41, 5.74) is 2.09. The highest BCUT2D eigenvalue weighted by atomic mass is 19.1. The van der Waals surface area contributed by atoms with E-state index in [-0.39, 0.29) is 17.7 Å². The molecule has 0 amide bonds. The van der Waals surface area contributed by atoms with Crippen LogP contribution >= 0.6 is 0 Å². The van der Waals surface area contributed by atoms with E-state index in [0.29, 0.717) is 43.8 Å². The zero-order valence-electron chi connectivity index (χ0n) is 13.9.